The Balaban J connectivity index is 1.44. The Morgan fingerprint density at radius 1 is 0.939 bits per heavy atom. The quantitative estimate of drug-likeness (QED) is 0.695. The Morgan fingerprint density at radius 3 is 2.18 bits per heavy atom. The molecule has 2 aromatic rings. The Kier molecular flexibility index (Phi) is 5.63. The molecule has 2 aromatic carbocycles. The highest BCUT2D eigenvalue weighted by atomic mass is 32.3. The van der Waals surface area contributed by atoms with E-state index in [4.69, 9.17) is 0 Å². The van der Waals surface area contributed by atoms with Crippen LogP contribution in [-0.2, 0) is 9.59 Å². The third kappa shape index (κ3) is 4.35. The van der Waals surface area contributed by atoms with Crippen molar-refractivity contribution >= 4 is 39.5 Å². The summed E-state index contributed by atoms with van der Waals surface area (Å²) in [7, 11) is -2.41. The third-order valence-corrected chi connectivity index (χ3v) is 8.56. The molecule has 3 aliphatic rings. The summed E-state index contributed by atoms with van der Waals surface area (Å²) < 4.78 is 19.7. The van der Waals surface area contributed by atoms with E-state index < -0.39 is 10.6 Å². The minimum Gasteiger partial charge on any atom is -0.368 e. The molecule has 2 heterocycles. The minimum atomic E-state index is -2.41. The highest BCUT2D eigenvalue weighted by Gasteiger charge is 2.39. The zero-order valence-electron chi connectivity index (χ0n) is 19.1. The van der Waals surface area contributed by atoms with Gasteiger partial charge in [0, 0.05) is 38.2 Å². The molecule has 2 aliphatic heterocycles. The number of carbonyl (C=O) groups is 2. The zero-order valence-corrected chi connectivity index (χ0v) is 19.9. The molecule has 1 atom stereocenters. The first-order chi connectivity index (χ1) is 15.7. The van der Waals surface area contributed by atoms with E-state index in [1.54, 1.807) is 11.8 Å². The van der Waals surface area contributed by atoms with Crippen LogP contribution in [0.15, 0.2) is 42.5 Å². The fourth-order valence-electron chi connectivity index (χ4n) is 4.89. The van der Waals surface area contributed by atoms with Crippen LogP contribution in [0, 0.1) is 5.92 Å². The summed E-state index contributed by atoms with van der Waals surface area (Å²) in [5, 5.41) is 0. The fourth-order valence-corrected chi connectivity index (χ4v) is 6.12. The molecule has 7 nitrogen and oxygen atoms in total. The summed E-state index contributed by atoms with van der Waals surface area (Å²) in [5.74, 6) is 1.08. The first-order valence-electron chi connectivity index (χ1n) is 11.6. The van der Waals surface area contributed by atoms with Gasteiger partial charge >= 0.3 is 0 Å². The van der Waals surface area contributed by atoms with Gasteiger partial charge in [-0.15, -0.1) is 0 Å². The molecule has 1 aliphatic carbocycles. The summed E-state index contributed by atoms with van der Waals surface area (Å²) >= 11 is 0. The van der Waals surface area contributed by atoms with Crippen LogP contribution in [0.5, 0.6) is 0 Å². The summed E-state index contributed by atoms with van der Waals surface area (Å²) in [4.78, 5) is 31.3. The first-order valence-corrected chi connectivity index (χ1v) is 13.5. The second kappa shape index (κ2) is 8.34. The van der Waals surface area contributed by atoms with Crippen LogP contribution in [0.4, 0.5) is 17.1 Å². The summed E-state index contributed by atoms with van der Waals surface area (Å²) in [6.45, 7) is 5.35. The number of hydrogen-bond acceptors (Lipinski definition) is 5. The van der Waals surface area contributed by atoms with E-state index in [2.05, 4.69) is 29.2 Å². The average molecular weight is 470 g/mol. The number of carbonyl (C=O) groups excluding carboxylic acids is 2. The van der Waals surface area contributed by atoms with Crippen molar-refractivity contribution in [3.63, 3.8) is 0 Å². The summed E-state index contributed by atoms with van der Waals surface area (Å²) in [6.07, 6.45) is 1.89. The van der Waals surface area contributed by atoms with Gasteiger partial charge in [-0.3, -0.25) is 18.7 Å². The molecular formula is C25H31N3O4S. The standard InChI is InChI=1S/C25H31N3O4S/c1-17-16-27(25(30)20-3-4-20)24-15-21(7-10-23(24)28(17)18(2)29)19-5-8-22(9-6-19)26-11-13-33(31,32)14-12-26/h5-10,15,17,20,31-32H,3-4,11-14,16H2,1-2H3. The molecule has 2 amide bonds. The molecule has 0 aromatic heterocycles. The van der Waals surface area contributed by atoms with E-state index in [1.165, 1.54) is 0 Å². The molecule has 5 rings (SSSR count). The normalized spacial score (nSPS) is 23.2. The zero-order chi connectivity index (χ0) is 23.3. The molecule has 8 heteroatoms. The molecule has 2 fully saturated rings. The molecule has 0 spiro atoms. The Morgan fingerprint density at radius 2 is 1.58 bits per heavy atom. The van der Waals surface area contributed by atoms with Gasteiger partial charge in [0.05, 0.1) is 28.9 Å². The Hall–Kier alpha value is -2.55. The van der Waals surface area contributed by atoms with Crippen molar-refractivity contribution in [2.45, 2.75) is 32.7 Å². The first kappa shape index (κ1) is 22.3. The van der Waals surface area contributed by atoms with Gasteiger partial charge in [0.2, 0.25) is 11.8 Å². The largest absolute Gasteiger partial charge is 0.368 e. The maximum absolute atomic E-state index is 13.0. The predicted molar refractivity (Wildman–Crippen MR) is 134 cm³/mol. The van der Waals surface area contributed by atoms with Crippen LogP contribution < -0.4 is 14.7 Å². The number of fused-ring (bicyclic) bond motifs is 1. The smallest absolute Gasteiger partial charge is 0.230 e. The molecule has 0 radical (unpaired) electrons. The lowest BCUT2D eigenvalue weighted by Crippen LogP contribution is -2.51. The van der Waals surface area contributed by atoms with E-state index in [0.29, 0.717) is 31.1 Å². The second-order valence-corrected chi connectivity index (χ2v) is 11.8. The van der Waals surface area contributed by atoms with Crippen molar-refractivity contribution in [2.24, 2.45) is 5.92 Å². The maximum atomic E-state index is 13.0. The van der Waals surface area contributed by atoms with Crippen LogP contribution in [0.2, 0.25) is 0 Å². The number of rotatable bonds is 3. The maximum Gasteiger partial charge on any atom is 0.230 e. The van der Waals surface area contributed by atoms with E-state index in [0.717, 1.165) is 41.0 Å². The topological polar surface area (TPSA) is 84.3 Å². The third-order valence-electron chi connectivity index (χ3n) is 6.89. The number of amides is 2. The van der Waals surface area contributed by atoms with Crippen molar-refractivity contribution in [3.8, 4) is 11.1 Å². The lowest BCUT2D eigenvalue weighted by molar-refractivity contribution is -0.120. The van der Waals surface area contributed by atoms with Crippen molar-refractivity contribution in [1.82, 2.24) is 0 Å². The molecule has 33 heavy (non-hydrogen) atoms. The molecule has 1 saturated heterocycles. The van der Waals surface area contributed by atoms with Crippen LogP contribution >= 0.6 is 10.6 Å². The predicted octanol–water partition coefficient (Wildman–Crippen LogP) is 4.42. The van der Waals surface area contributed by atoms with Gasteiger partial charge in [-0.05, 0) is 55.2 Å². The van der Waals surface area contributed by atoms with Gasteiger partial charge in [0.25, 0.3) is 0 Å². The van der Waals surface area contributed by atoms with Crippen LogP contribution in [-0.4, -0.2) is 58.1 Å². The van der Waals surface area contributed by atoms with Crippen molar-refractivity contribution < 1.29 is 18.7 Å². The van der Waals surface area contributed by atoms with Crippen LogP contribution in [0.3, 0.4) is 0 Å². The lowest BCUT2D eigenvalue weighted by atomic mass is 10.00. The highest BCUT2D eigenvalue weighted by Crippen LogP contribution is 2.43. The molecular weight excluding hydrogens is 438 g/mol. The van der Waals surface area contributed by atoms with Gasteiger partial charge < -0.3 is 14.7 Å². The Bertz CT molecular complexity index is 1070. The van der Waals surface area contributed by atoms with Crippen molar-refractivity contribution in [3.05, 3.63) is 42.5 Å². The second-order valence-electron chi connectivity index (χ2n) is 9.41. The van der Waals surface area contributed by atoms with Gasteiger partial charge in [0.15, 0.2) is 0 Å². The highest BCUT2D eigenvalue weighted by molar-refractivity contribution is 8.24. The number of benzene rings is 2. The fraction of sp³-hybridized carbons (Fsp3) is 0.440. The van der Waals surface area contributed by atoms with E-state index in [1.807, 2.05) is 30.0 Å². The Labute approximate surface area is 196 Å². The molecule has 176 valence electrons. The molecule has 1 saturated carbocycles. The number of nitrogens with zero attached hydrogens (tertiary/aromatic N) is 3. The van der Waals surface area contributed by atoms with Gasteiger partial charge in [0.1, 0.15) is 0 Å². The van der Waals surface area contributed by atoms with Crippen LogP contribution in [0.1, 0.15) is 26.7 Å². The van der Waals surface area contributed by atoms with Crippen LogP contribution in [0.25, 0.3) is 11.1 Å². The SMILES string of the molecule is CC(=O)N1c2ccc(-c3ccc(N4CCS(O)(O)CC4)cc3)cc2N(C(=O)C2CC2)CC1C. The number of hydrogen-bond donors (Lipinski definition) is 2. The van der Waals surface area contributed by atoms with Gasteiger partial charge in [-0.25, -0.2) is 0 Å². The molecule has 1 unspecified atom stereocenters. The van der Waals surface area contributed by atoms with Crippen molar-refractivity contribution in [1.29, 1.82) is 0 Å². The van der Waals surface area contributed by atoms with Crippen molar-refractivity contribution in [2.75, 3.05) is 45.8 Å². The average Bonchev–Trinajstić information content (AvgIpc) is 3.63. The van der Waals surface area contributed by atoms with E-state index >= 15 is 0 Å². The minimum absolute atomic E-state index is 0.0162. The summed E-state index contributed by atoms with van der Waals surface area (Å²) in [6, 6.07) is 14.2. The summed E-state index contributed by atoms with van der Waals surface area (Å²) in [5.41, 5.74) is 4.70. The molecule has 2 N–H and O–H groups in total. The number of anilines is 3. The van der Waals surface area contributed by atoms with Gasteiger partial charge in [-0.2, -0.15) is 10.6 Å². The lowest BCUT2D eigenvalue weighted by Gasteiger charge is -2.42. The van der Waals surface area contributed by atoms with E-state index in [9.17, 15) is 18.7 Å². The monoisotopic (exact) mass is 469 g/mol. The molecule has 0 bridgehead atoms. The van der Waals surface area contributed by atoms with Gasteiger partial charge in [-0.1, -0.05) is 18.2 Å². The van der Waals surface area contributed by atoms with E-state index in [-0.39, 0.29) is 23.8 Å².